The number of hydrogen-bond donors (Lipinski definition) is 0. The molecule has 4 heteroatoms. The summed E-state index contributed by atoms with van der Waals surface area (Å²) >= 11 is 0. The van der Waals surface area contributed by atoms with Crippen molar-refractivity contribution in [2.45, 2.75) is 6.10 Å². The number of fused-ring (bicyclic) bond motifs is 1. The molecule has 0 N–H and O–H groups in total. The van der Waals surface area contributed by atoms with Crippen LogP contribution in [0.25, 0.3) is 0 Å². The van der Waals surface area contributed by atoms with Crippen LogP contribution in [0.4, 0.5) is 0 Å². The van der Waals surface area contributed by atoms with Gasteiger partial charge in [-0.2, -0.15) is 0 Å². The Bertz CT molecular complexity index is 391. The van der Waals surface area contributed by atoms with Crippen LogP contribution < -0.4 is 0 Å². The van der Waals surface area contributed by atoms with Gasteiger partial charge in [-0.15, -0.1) is 0 Å². The van der Waals surface area contributed by atoms with Gasteiger partial charge in [-0.05, 0) is 5.56 Å². The van der Waals surface area contributed by atoms with Crippen molar-refractivity contribution in [1.82, 2.24) is 0 Å². The van der Waals surface area contributed by atoms with Crippen LogP contribution in [0.5, 0.6) is 0 Å². The highest BCUT2D eigenvalue weighted by Crippen LogP contribution is 2.25. The molecule has 0 bridgehead atoms. The summed E-state index contributed by atoms with van der Waals surface area (Å²) in [5.74, 6) is 0.185. The molecular weight excluding hydrogens is 206 g/mol. The van der Waals surface area contributed by atoms with E-state index >= 15 is 0 Å². The van der Waals surface area contributed by atoms with Crippen molar-refractivity contribution < 1.29 is 14.3 Å². The minimum Gasteiger partial charge on any atom is -0.389 e. The Labute approximate surface area is 93.8 Å². The van der Waals surface area contributed by atoms with E-state index < -0.39 is 0 Å². The average Bonchev–Trinajstić information content (AvgIpc) is 2.60. The number of oxime groups is 1. The highest BCUT2D eigenvalue weighted by atomic mass is 16.7. The Morgan fingerprint density at radius 1 is 1.06 bits per heavy atom. The Balaban J connectivity index is 1.86. The first-order chi connectivity index (χ1) is 7.95. The van der Waals surface area contributed by atoms with Gasteiger partial charge in [0.25, 0.3) is 0 Å². The zero-order chi connectivity index (χ0) is 10.8. The molecule has 0 radical (unpaired) electrons. The van der Waals surface area contributed by atoms with E-state index in [1.165, 1.54) is 0 Å². The number of rotatable bonds is 1. The Hall–Kier alpha value is -1.39. The molecule has 2 aliphatic rings. The van der Waals surface area contributed by atoms with Gasteiger partial charge in [0.05, 0.1) is 24.8 Å². The molecule has 0 unspecified atom stereocenters. The minimum absolute atomic E-state index is 0.00212. The monoisotopic (exact) mass is 219 g/mol. The van der Waals surface area contributed by atoms with Crippen LogP contribution in [0.15, 0.2) is 35.5 Å². The average molecular weight is 219 g/mol. The van der Waals surface area contributed by atoms with E-state index in [0.29, 0.717) is 20.0 Å². The predicted molar refractivity (Wildman–Crippen MR) is 58.1 cm³/mol. The van der Waals surface area contributed by atoms with Gasteiger partial charge in [0, 0.05) is 0 Å². The second-order valence-corrected chi connectivity index (χ2v) is 3.95. The van der Waals surface area contributed by atoms with Gasteiger partial charge in [-0.25, -0.2) is 0 Å². The largest absolute Gasteiger partial charge is 0.389 e. The maximum Gasteiger partial charge on any atom is 0.161 e. The first-order valence-electron chi connectivity index (χ1n) is 5.40. The molecule has 2 heterocycles. The van der Waals surface area contributed by atoms with E-state index in [0.717, 1.165) is 11.3 Å². The van der Waals surface area contributed by atoms with Crippen LogP contribution in [0.2, 0.25) is 0 Å². The molecule has 1 saturated heterocycles. The fourth-order valence-electron chi connectivity index (χ4n) is 2.05. The van der Waals surface area contributed by atoms with E-state index in [1.807, 2.05) is 30.3 Å². The minimum atomic E-state index is -0.00212. The highest BCUT2D eigenvalue weighted by Gasteiger charge is 2.36. The van der Waals surface area contributed by atoms with Crippen molar-refractivity contribution in [3.05, 3.63) is 35.9 Å². The quantitative estimate of drug-likeness (QED) is 0.717. The normalized spacial score (nSPS) is 28.9. The van der Waals surface area contributed by atoms with E-state index in [-0.39, 0.29) is 12.0 Å². The molecule has 2 aliphatic heterocycles. The molecule has 4 nitrogen and oxygen atoms in total. The van der Waals surface area contributed by atoms with Crippen LogP contribution in [0, 0.1) is 5.92 Å². The lowest BCUT2D eigenvalue weighted by Crippen LogP contribution is -2.29. The number of nitrogens with zero attached hydrogens (tertiary/aromatic N) is 1. The zero-order valence-corrected chi connectivity index (χ0v) is 8.83. The topological polar surface area (TPSA) is 40.0 Å². The van der Waals surface area contributed by atoms with Gasteiger partial charge in [0.15, 0.2) is 6.10 Å². The molecule has 1 aromatic rings. The molecule has 1 fully saturated rings. The van der Waals surface area contributed by atoms with Crippen molar-refractivity contribution in [2.24, 2.45) is 11.1 Å². The van der Waals surface area contributed by atoms with Crippen molar-refractivity contribution in [3.8, 4) is 0 Å². The van der Waals surface area contributed by atoms with Gasteiger partial charge in [0.2, 0.25) is 0 Å². The molecule has 0 amide bonds. The smallest absolute Gasteiger partial charge is 0.161 e. The zero-order valence-electron chi connectivity index (χ0n) is 8.83. The molecule has 0 aromatic heterocycles. The van der Waals surface area contributed by atoms with E-state index in [9.17, 15) is 0 Å². The number of hydrogen-bond acceptors (Lipinski definition) is 4. The molecule has 16 heavy (non-hydrogen) atoms. The van der Waals surface area contributed by atoms with Gasteiger partial charge >= 0.3 is 0 Å². The van der Waals surface area contributed by atoms with E-state index in [2.05, 4.69) is 5.16 Å². The fourth-order valence-corrected chi connectivity index (χ4v) is 2.05. The van der Waals surface area contributed by atoms with Crippen LogP contribution in [-0.4, -0.2) is 31.8 Å². The summed E-state index contributed by atoms with van der Waals surface area (Å²) in [7, 11) is 0. The predicted octanol–water partition coefficient (Wildman–Crippen LogP) is 1.41. The molecule has 1 aromatic carbocycles. The molecular formula is C12H13NO3. The maximum absolute atomic E-state index is 5.39. The molecule has 0 aliphatic carbocycles. The fraction of sp³-hybridized carbons (Fsp3) is 0.417. The third-order valence-electron chi connectivity index (χ3n) is 2.90. The Morgan fingerprint density at radius 3 is 2.75 bits per heavy atom. The Kier molecular flexibility index (Phi) is 2.60. The van der Waals surface area contributed by atoms with Crippen molar-refractivity contribution in [1.29, 1.82) is 0 Å². The lowest BCUT2D eigenvalue weighted by Gasteiger charge is -2.13. The number of ether oxygens (including phenoxy) is 2. The first kappa shape index (κ1) is 9.81. The van der Waals surface area contributed by atoms with Crippen molar-refractivity contribution in [2.75, 3.05) is 20.0 Å². The SMILES string of the molecule is c1ccc(C2=NO[C@H]3COCOC[C@@H]23)cc1. The van der Waals surface area contributed by atoms with Gasteiger partial charge in [-0.1, -0.05) is 35.5 Å². The summed E-state index contributed by atoms with van der Waals surface area (Å²) in [5.41, 5.74) is 2.07. The molecule has 0 saturated carbocycles. The highest BCUT2D eigenvalue weighted by molar-refractivity contribution is 6.03. The summed E-state index contributed by atoms with van der Waals surface area (Å²) in [6.45, 7) is 1.50. The maximum atomic E-state index is 5.39. The standard InChI is InChI=1S/C12H13NO3/c1-2-4-9(5-3-1)12-10-6-14-8-15-7-11(10)16-13-12/h1-5,10-11H,6-8H2/t10-,11+/m1/s1. The van der Waals surface area contributed by atoms with Gasteiger partial charge in [0.1, 0.15) is 6.79 Å². The van der Waals surface area contributed by atoms with Crippen LogP contribution in [0.1, 0.15) is 5.56 Å². The first-order valence-corrected chi connectivity index (χ1v) is 5.40. The van der Waals surface area contributed by atoms with Crippen LogP contribution in [0.3, 0.4) is 0 Å². The molecule has 3 rings (SSSR count). The number of benzene rings is 1. The summed E-state index contributed by atoms with van der Waals surface area (Å²) in [5, 5.41) is 4.15. The molecule has 0 spiro atoms. The second kappa shape index (κ2) is 4.23. The van der Waals surface area contributed by atoms with Crippen LogP contribution >= 0.6 is 0 Å². The summed E-state index contributed by atoms with van der Waals surface area (Å²) in [4.78, 5) is 5.39. The van der Waals surface area contributed by atoms with Gasteiger partial charge < -0.3 is 14.3 Å². The second-order valence-electron chi connectivity index (χ2n) is 3.95. The van der Waals surface area contributed by atoms with Crippen molar-refractivity contribution in [3.63, 3.8) is 0 Å². The summed E-state index contributed by atoms with van der Waals surface area (Å²) < 4.78 is 10.6. The third-order valence-corrected chi connectivity index (χ3v) is 2.90. The Morgan fingerprint density at radius 2 is 1.88 bits per heavy atom. The summed E-state index contributed by atoms with van der Waals surface area (Å²) in [6, 6.07) is 10.1. The lowest BCUT2D eigenvalue weighted by molar-refractivity contribution is -0.0511. The lowest BCUT2D eigenvalue weighted by atomic mass is 9.93. The molecule has 2 atom stereocenters. The van der Waals surface area contributed by atoms with E-state index in [4.69, 9.17) is 14.3 Å². The van der Waals surface area contributed by atoms with E-state index in [1.54, 1.807) is 0 Å². The van der Waals surface area contributed by atoms with Crippen LogP contribution in [-0.2, 0) is 14.3 Å². The third kappa shape index (κ3) is 1.70. The molecule has 84 valence electrons. The summed E-state index contributed by atoms with van der Waals surface area (Å²) in [6.07, 6.45) is -0.00212. The van der Waals surface area contributed by atoms with Crippen molar-refractivity contribution >= 4 is 5.71 Å². The van der Waals surface area contributed by atoms with Gasteiger partial charge in [-0.3, -0.25) is 0 Å².